The van der Waals surface area contributed by atoms with Crippen molar-refractivity contribution in [3.8, 4) is 11.5 Å². The van der Waals surface area contributed by atoms with Gasteiger partial charge in [-0.1, -0.05) is 0 Å². The van der Waals surface area contributed by atoms with E-state index in [2.05, 4.69) is 15.9 Å². The molecule has 1 aliphatic heterocycles. The third kappa shape index (κ3) is 3.72. The number of benzene rings is 1. The Labute approximate surface area is 148 Å². The van der Waals surface area contributed by atoms with Crippen LogP contribution in [0.5, 0.6) is 11.5 Å². The van der Waals surface area contributed by atoms with Gasteiger partial charge < -0.3 is 9.47 Å². The molecule has 1 aromatic carbocycles. The number of ether oxygens (including phenoxy) is 2. The summed E-state index contributed by atoms with van der Waals surface area (Å²) in [5.41, 5.74) is 0.760. The van der Waals surface area contributed by atoms with Gasteiger partial charge in [-0.05, 0) is 72.2 Å². The number of halogens is 1. The lowest BCUT2D eigenvalue weighted by molar-refractivity contribution is -0.123. The maximum atomic E-state index is 12.3. The molecule has 2 amide bonds. The molecule has 1 aliphatic rings. The first kappa shape index (κ1) is 17.9. The van der Waals surface area contributed by atoms with E-state index in [-0.39, 0.29) is 17.2 Å². The molecule has 1 saturated heterocycles. The molecular formula is C16H18BrNO4S. The standard InChI is InChI=1S/C16H18BrNO4S/c1-5-22-12-7-10(6-11(17)14(12)21-4)8-13-15(19)18(9(2)3)16(20)23-13/h6-9H,5H2,1-4H3/b13-8-. The Morgan fingerprint density at radius 1 is 1.35 bits per heavy atom. The molecule has 1 fully saturated rings. The normalized spacial score (nSPS) is 16.6. The van der Waals surface area contributed by atoms with Crippen molar-refractivity contribution in [2.24, 2.45) is 0 Å². The van der Waals surface area contributed by atoms with Crippen molar-refractivity contribution in [3.63, 3.8) is 0 Å². The Kier molecular flexibility index (Phi) is 5.75. The monoisotopic (exact) mass is 399 g/mol. The van der Waals surface area contributed by atoms with Crippen LogP contribution in [-0.2, 0) is 4.79 Å². The lowest BCUT2D eigenvalue weighted by Gasteiger charge is -2.16. The largest absolute Gasteiger partial charge is 0.492 e. The zero-order valence-corrected chi connectivity index (χ0v) is 15.8. The number of nitrogens with zero attached hydrogens (tertiary/aromatic N) is 1. The van der Waals surface area contributed by atoms with E-state index in [1.54, 1.807) is 19.3 Å². The highest BCUT2D eigenvalue weighted by Gasteiger charge is 2.36. The summed E-state index contributed by atoms with van der Waals surface area (Å²) in [6.45, 7) is 6.01. The van der Waals surface area contributed by atoms with Crippen LogP contribution in [0.1, 0.15) is 26.3 Å². The maximum absolute atomic E-state index is 12.3. The maximum Gasteiger partial charge on any atom is 0.293 e. The molecule has 0 unspecified atom stereocenters. The summed E-state index contributed by atoms with van der Waals surface area (Å²) >= 11 is 4.39. The van der Waals surface area contributed by atoms with Crippen molar-refractivity contribution >= 4 is 44.9 Å². The number of methoxy groups -OCH3 is 1. The van der Waals surface area contributed by atoms with Crippen molar-refractivity contribution in [1.29, 1.82) is 0 Å². The molecule has 2 rings (SSSR count). The molecule has 0 bridgehead atoms. The van der Waals surface area contributed by atoms with E-state index in [4.69, 9.17) is 9.47 Å². The minimum absolute atomic E-state index is 0.157. The molecule has 0 aromatic heterocycles. The summed E-state index contributed by atoms with van der Waals surface area (Å²) in [6.07, 6.45) is 1.69. The van der Waals surface area contributed by atoms with Crippen LogP contribution in [0.15, 0.2) is 21.5 Å². The fourth-order valence-corrected chi connectivity index (χ4v) is 3.79. The van der Waals surface area contributed by atoms with E-state index in [0.717, 1.165) is 21.8 Å². The lowest BCUT2D eigenvalue weighted by Crippen LogP contribution is -2.34. The van der Waals surface area contributed by atoms with Gasteiger partial charge in [-0.25, -0.2) is 0 Å². The Balaban J connectivity index is 2.40. The molecule has 7 heteroatoms. The van der Waals surface area contributed by atoms with Crippen molar-refractivity contribution in [2.45, 2.75) is 26.8 Å². The number of carbonyl (C=O) groups excluding carboxylic acids is 2. The van der Waals surface area contributed by atoms with Crippen LogP contribution in [-0.4, -0.2) is 35.8 Å². The van der Waals surface area contributed by atoms with Gasteiger partial charge >= 0.3 is 0 Å². The highest BCUT2D eigenvalue weighted by molar-refractivity contribution is 9.10. The molecule has 0 radical (unpaired) electrons. The molecule has 1 heterocycles. The zero-order chi connectivity index (χ0) is 17.1. The number of thioether (sulfide) groups is 1. The van der Waals surface area contributed by atoms with Crippen molar-refractivity contribution in [1.82, 2.24) is 4.90 Å². The Morgan fingerprint density at radius 2 is 2.04 bits per heavy atom. The van der Waals surface area contributed by atoms with Crippen LogP contribution in [0, 0.1) is 0 Å². The number of imide groups is 1. The van der Waals surface area contributed by atoms with Crippen LogP contribution in [0.4, 0.5) is 4.79 Å². The molecule has 23 heavy (non-hydrogen) atoms. The van der Waals surface area contributed by atoms with Gasteiger partial charge in [-0.2, -0.15) is 0 Å². The Hall–Kier alpha value is -1.47. The fourth-order valence-electron chi connectivity index (χ4n) is 2.21. The first-order valence-corrected chi connectivity index (χ1v) is 8.77. The highest BCUT2D eigenvalue weighted by Crippen LogP contribution is 2.39. The minimum Gasteiger partial charge on any atom is -0.492 e. The summed E-state index contributed by atoms with van der Waals surface area (Å²) in [6, 6.07) is 3.45. The molecule has 0 N–H and O–H groups in total. The average molecular weight is 400 g/mol. The van der Waals surface area contributed by atoms with Crippen molar-refractivity contribution in [2.75, 3.05) is 13.7 Å². The van der Waals surface area contributed by atoms with E-state index >= 15 is 0 Å². The molecule has 1 aromatic rings. The second-order valence-corrected chi connectivity index (χ2v) is 6.96. The predicted molar refractivity (Wildman–Crippen MR) is 94.8 cm³/mol. The molecule has 0 aliphatic carbocycles. The van der Waals surface area contributed by atoms with Crippen LogP contribution < -0.4 is 9.47 Å². The Morgan fingerprint density at radius 3 is 2.57 bits per heavy atom. The third-order valence-electron chi connectivity index (χ3n) is 3.17. The van der Waals surface area contributed by atoms with Crippen LogP contribution >= 0.6 is 27.7 Å². The summed E-state index contributed by atoms with van der Waals surface area (Å²) in [4.78, 5) is 25.9. The summed E-state index contributed by atoms with van der Waals surface area (Å²) in [5.74, 6) is 0.915. The lowest BCUT2D eigenvalue weighted by atomic mass is 10.1. The molecule has 0 spiro atoms. The zero-order valence-electron chi connectivity index (χ0n) is 13.4. The van der Waals surface area contributed by atoms with E-state index in [0.29, 0.717) is 23.0 Å². The topological polar surface area (TPSA) is 55.8 Å². The second kappa shape index (κ2) is 7.40. The number of hydrogen-bond donors (Lipinski definition) is 0. The van der Waals surface area contributed by atoms with E-state index < -0.39 is 0 Å². The van der Waals surface area contributed by atoms with Gasteiger partial charge in [-0.15, -0.1) is 0 Å². The summed E-state index contributed by atoms with van der Waals surface area (Å²) in [5, 5.41) is -0.242. The van der Waals surface area contributed by atoms with E-state index in [9.17, 15) is 9.59 Å². The molecule has 0 saturated carbocycles. The fraction of sp³-hybridized carbons (Fsp3) is 0.375. The predicted octanol–water partition coefficient (Wildman–Crippen LogP) is 4.30. The molecule has 124 valence electrons. The summed E-state index contributed by atoms with van der Waals surface area (Å²) < 4.78 is 11.6. The third-order valence-corrected chi connectivity index (χ3v) is 4.65. The number of rotatable bonds is 5. The first-order chi connectivity index (χ1) is 10.9. The highest BCUT2D eigenvalue weighted by atomic mass is 79.9. The van der Waals surface area contributed by atoms with Crippen LogP contribution in [0.25, 0.3) is 6.08 Å². The number of carbonyl (C=O) groups is 2. The van der Waals surface area contributed by atoms with Gasteiger partial charge in [0.1, 0.15) is 0 Å². The Bertz CT molecular complexity index is 672. The van der Waals surface area contributed by atoms with Gasteiger partial charge in [0.2, 0.25) is 0 Å². The quantitative estimate of drug-likeness (QED) is 0.690. The SMILES string of the molecule is CCOc1cc(/C=C2\SC(=O)N(C(C)C)C2=O)cc(Br)c1OC. The van der Waals surface area contributed by atoms with Crippen molar-refractivity contribution in [3.05, 3.63) is 27.1 Å². The van der Waals surface area contributed by atoms with Crippen molar-refractivity contribution < 1.29 is 19.1 Å². The smallest absolute Gasteiger partial charge is 0.293 e. The number of hydrogen-bond acceptors (Lipinski definition) is 5. The molecule has 0 atom stereocenters. The second-order valence-electron chi connectivity index (χ2n) is 5.11. The summed E-state index contributed by atoms with van der Waals surface area (Å²) in [7, 11) is 1.57. The van der Waals surface area contributed by atoms with Gasteiger partial charge in [-0.3, -0.25) is 14.5 Å². The molecular weight excluding hydrogens is 382 g/mol. The van der Waals surface area contributed by atoms with Crippen LogP contribution in [0.3, 0.4) is 0 Å². The van der Waals surface area contributed by atoms with Gasteiger partial charge in [0.25, 0.3) is 11.1 Å². The molecule has 5 nitrogen and oxygen atoms in total. The number of amides is 2. The van der Waals surface area contributed by atoms with Gasteiger partial charge in [0, 0.05) is 6.04 Å². The van der Waals surface area contributed by atoms with E-state index in [1.807, 2.05) is 26.8 Å². The average Bonchev–Trinajstić information content (AvgIpc) is 2.73. The van der Waals surface area contributed by atoms with Crippen LogP contribution in [0.2, 0.25) is 0 Å². The van der Waals surface area contributed by atoms with Gasteiger partial charge in [0.05, 0.1) is 23.1 Å². The minimum atomic E-state index is -0.264. The first-order valence-electron chi connectivity index (χ1n) is 7.16. The van der Waals surface area contributed by atoms with E-state index in [1.165, 1.54) is 4.90 Å². The van der Waals surface area contributed by atoms with Gasteiger partial charge in [0.15, 0.2) is 11.5 Å².